The van der Waals surface area contributed by atoms with Crippen LogP contribution in [0.3, 0.4) is 0 Å². The van der Waals surface area contributed by atoms with E-state index >= 15 is 0 Å². The van der Waals surface area contributed by atoms with Crippen LogP contribution < -0.4 is 4.90 Å². The Bertz CT molecular complexity index is 647. The first-order chi connectivity index (χ1) is 9.56. The van der Waals surface area contributed by atoms with Gasteiger partial charge in [-0.05, 0) is 25.8 Å². The Morgan fingerprint density at radius 1 is 1.65 bits per heavy atom. The Hall–Kier alpha value is -1.82. The van der Waals surface area contributed by atoms with Crippen molar-refractivity contribution < 1.29 is 14.3 Å². The van der Waals surface area contributed by atoms with Gasteiger partial charge >= 0.3 is 5.97 Å². The summed E-state index contributed by atoms with van der Waals surface area (Å²) in [6.07, 6.45) is 3.18. The van der Waals surface area contributed by atoms with Gasteiger partial charge in [0.1, 0.15) is 11.7 Å². The van der Waals surface area contributed by atoms with Gasteiger partial charge < -0.3 is 14.4 Å². The van der Waals surface area contributed by atoms with Gasteiger partial charge in [0, 0.05) is 24.0 Å². The van der Waals surface area contributed by atoms with Crippen LogP contribution in [0.15, 0.2) is 16.7 Å². The van der Waals surface area contributed by atoms with Gasteiger partial charge in [-0.15, -0.1) is 11.3 Å². The fraction of sp³-hybridized carbons (Fsp3) is 0.429. The number of carbonyl (C=O) groups is 1. The molecule has 2 aromatic heterocycles. The number of carboxylic acids is 1. The standard InChI is InChI=1S/C14H16N2O3S/c1-8-9(5-6-19-8)7-16(2)14-15-12-10(13(17)18)3-4-11(12)20-14/h5-6,10H,3-4,7H2,1-2H3,(H,17,18). The fourth-order valence-electron chi connectivity index (χ4n) is 2.52. The van der Waals surface area contributed by atoms with Gasteiger partial charge in [-0.1, -0.05) is 0 Å². The lowest BCUT2D eigenvalue weighted by Gasteiger charge is -2.15. The molecule has 1 N–H and O–H groups in total. The maximum absolute atomic E-state index is 11.2. The molecular formula is C14H16N2O3S. The van der Waals surface area contributed by atoms with Crippen LogP contribution in [0, 0.1) is 6.92 Å². The summed E-state index contributed by atoms with van der Waals surface area (Å²) in [5, 5.41) is 10.1. The highest BCUT2D eigenvalue weighted by molar-refractivity contribution is 7.15. The van der Waals surface area contributed by atoms with Crippen LogP contribution in [0.4, 0.5) is 5.13 Å². The summed E-state index contributed by atoms with van der Waals surface area (Å²) < 4.78 is 5.29. The van der Waals surface area contributed by atoms with Gasteiger partial charge in [-0.25, -0.2) is 4.98 Å². The van der Waals surface area contributed by atoms with Gasteiger partial charge in [0.05, 0.1) is 12.0 Å². The molecule has 106 valence electrons. The molecule has 0 aliphatic heterocycles. The van der Waals surface area contributed by atoms with Crippen LogP contribution in [-0.4, -0.2) is 23.1 Å². The number of nitrogens with zero attached hydrogens (tertiary/aromatic N) is 2. The molecule has 1 aliphatic rings. The molecule has 20 heavy (non-hydrogen) atoms. The quantitative estimate of drug-likeness (QED) is 0.938. The first-order valence-corrected chi connectivity index (χ1v) is 7.34. The van der Waals surface area contributed by atoms with Crippen LogP contribution in [0.25, 0.3) is 0 Å². The van der Waals surface area contributed by atoms with E-state index in [0.717, 1.165) is 33.4 Å². The third kappa shape index (κ3) is 2.20. The number of carboxylic acid groups (broad SMARTS) is 1. The van der Waals surface area contributed by atoms with E-state index in [9.17, 15) is 9.90 Å². The highest BCUT2D eigenvalue weighted by Gasteiger charge is 2.32. The van der Waals surface area contributed by atoms with Gasteiger partial charge in [0.15, 0.2) is 5.13 Å². The van der Waals surface area contributed by atoms with E-state index in [0.29, 0.717) is 13.0 Å². The van der Waals surface area contributed by atoms with E-state index in [1.165, 1.54) is 0 Å². The van der Waals surface area contributed by atoms with Crippen molar-refractivity contribution in [3.05, 3.63) is 34.2 Å². The minimum atomic E-state index is -0.770. The van der Waals surface area contributed by atoms with Gasteiger partial charge in [0.2, 0.25) is 0 Å². The largest absolute Gasteiger partial charge is 0.481 e. The zero-order valence-corrected chi connectivity index (χ0v) is 12.2. The van der Waals surface area contributed by atoms with Gasteiger partial charge in [-0.3, -0.25) is 4.79 Å². The molecular weight excluding hydrogens is 276 g/mol. The number of aromatic nitrogens is 1. The maximum atomic E-state index is 11.2. The van der Waals surface area contributed by atoms with E-state index in [1.807, 2.05) is 24.9 Å². The fourth-order valence-corrected chi connectivity index (χ4v) is 3.61. The highest BCUT2D eigenvalue weighted by Crippen LogP contribution is 2.39. The number of aryl methyl sites for hydroxylation is 2. The normalized spacial score (nSPS) is 17.2. The smallest absolute Gasteiger partial charge is 0.312 e. The highest BCUT2D eigenvalue weighted by atomic mass is 32.1. The predicted molar refractivity (Wildman–Crippen MR) is 76.4 cm³/mol. The second kappa shape index (κ2) is 4.94. The maximum Gasteiger partial charge on any atom is 0.312 e. The molecule has 1 atom stereocenters. The zero-order valence-electron chi connectivity index (χ0n) is 11.4. The van der Waals surface area contributed by atoms with Crippen LogP contribution in [0.2, 0.25) is 0 Å². The van der Waals surface area contributed by atoms with Crippen molar-refractivity contribution in [2.24, 2.45) is 0 Å². The Morgan fingerprint density at radius 2 is 2.45 bits per heavy atom. The number of rotatable bonds is 4. The summed E-state index contributed by atoms with van der Waals surface area (Å²) in [4.78, 5) is 18.9. The Labute approximate surface area is 120 Å². The number of aliphatic carboxylic acids is 1. The first-order valence-electron chi connectivity index (χ1n) is 6.52. The lowest BCUT2D eigenvalue weighted by Crippen LogP contribution is -2.17. The Kier molecular flexibility index (Phi) is 3.25. The molecule has 5 nitrogen and oxygen atoms in total. The van der Waals surface area contributed by atoms with Crippen molar-refractivity contribution >= 4 is 22.4 Å². The van der Waals surface area contributed by atoms with Gasteiger partial charge in [0.25, 0.3) is 0 Å². The van der Waals surface area contributed by atoms with Gasteiger partial charge in [-0.2, -0.15) is 0 Å². The summed E-state index contributed by atoms with van der Waals surface area (Å²) in [5.41, 5.74) is 1.88. The number of hydrogen-bond acceptors (Lipinski definition) is 5. The molecule has 0 bridgehead atoms. The third-order valence-corrected chi connectivity index (χ3v) is 4.95. The second-order valence-electron chi connectivity index (χ2n) is 5.09. The molecule has 2 heterocycles. The molecule has 0 radical (unpaired) electrons. The number of fused-ring (bicyclic) bond motifs is 1. The van der Waals surface area contributed by atoms with E-state index in [4.69, 9.17) is 4.42 Å². The Balaban J connectivity index is 1.80. The molecule has 0 saturated carbocycles. The lowest BCUT2D eigenvalue weighted by atomic mass is 10.1. The first kappa shape index (κ1) is 13.2. The molecule has 0 saturated heterocycles. The molecule has 0 aromatic carbocycles. The van der Waals surface area contributed by atoms with Crippen LogP contribution in [0.1, 0.15) is 34.2 Å². The summed E-state index contributed by atoms with van der Waals surface area (Å²) in [5.74, 6) is -0.294. The molecule has 0 spiro atoms. The van der Waals surface area contributed by atoms with E-state index in [1.54, 1.807) is 17.6 Å². The number of thiazole rings is 1. The monoisotopic (exact) mass is 292 g/mol. The topological polar surface area (TPSA) is 66.6 Å². The summed E-state index contributed by atoms with van der Waals surface area (Å²) >= 11 is 1.60. The molecule has 1 aliphatic carbocycles. The third-order valence-electron chi connectivity index (χ3n) is 3.70. The molecule has 1 unspecified atom stereocenters. The van der Waals surface area contributed by atoms with Crippen molar-refractivity contribution in [2.75, 3.05) is 11.9 Å². The molecule has 6 heteroatoms. The average Bonchev–Trinajstić information content (AvgIpc) is 3.04. The molecule has 0 fully saturated rings. The molecule has 2 aromatic rings. The molecule has 0 amide bonds. The Morgan fingerprint density at radius 3 is 3.10 bits per heavy atom. The van der Waals surface area contributed by atoms with Crippen molar-refractivity contribution in [2.45, 2.75) is 32.2 Å². The second-order valence-corrected chi connectivity index (χ2v) is 6.15. The van der Waals surface area contributed by atoms with Crippen molar-refractivity contribution in [1.82, 2.24) is 4.98 Å². The van der Waals surface area contributed by atoms with Crippen LogP contribution in [0.5, 0.6) is 0 Å². The summed E-state index contributed by atoms with van der Waals surface area (Å²) in [6.45, 7) is 2.65. The summed E-state index contributed by atoms with van der Waals surface area (Å²) in [7, 11) is 1.97. The van der Waals surface area contributed by atoms with E-state index < -0.39 is 11.9 Å². The predicted octanol–water partition coefficient (Wildman–Crippen LogP) is 2.80. The number of hydrogen-bond donors (Lipinski definition) is 1. The zero-order chi connectivity index (χ0) is 14.3. The minimum absolute atomic E-state index is 0.431. The molecule has 3 rings (SSSR count). The van der Waals surface area contributed by atoms with E-state index in [2.05, 4.69) is 4.98 Å². The number of anilines is 1. The number of furan rings is 1. The van der Waals surface area contributed by atoms with Crippen LogP contribution >= 0.6 is 11.3 Å². The average molecular weight is 292 g/mol. The van der Waals surface area contributed by atoms with E-state index in [-0.39, 0.29) is 0 Å². The van der Waals surface area contributed by atoms with Crippen LogP contribution in [-0.2, 0) is 17.8 Å². The van der Waals surface area contributed by atoms with Crippen molar-refractivity contribution in [3.8, 4) is 0 Å². The minimum Gasteiger partial charge on any atom is -0.481 e. The SMILES string of the molecule is Cc1occc1CN(C)c1nc2c(s1)CCC2C(=O)O. The summed E-state index contributed by atoms with van der Waals surface area (Å²) in [6, 6.07) is 1.95. The van der Waals surface area contributed by atoms with Crippen molar-refractivity contribution in [3.63, 3.8) is 0 Å². The lowest BCUT2D eigenvalue weighted by molar-refractivity contribution is -0.138. The van der Waals surface area contributed by atoms with Crippen molar-refractivity contribution in [1.29, 1.82) is 0 Å².